The molecular weight excluding hydrogens is 524 g/mol. The van der Waals surface area contributed by atoms with E-state index in [-0.39, 0.29) is 23.6 Å². The lowest BCUT2D eigenvalue weighted by molar-refractivity contribution is 0.0965. The molecule has 0 atom stereocenters. The third-order valence-electron chi connectivity index (χ3n) is 8.17. The first-order valence-electron chi connectivity index (χ1n) is 13.6. The van der Waals surface area contributed by atoms with Crippen LogP contribution >= 0.6 is 0 Å². The van der Waals surface area contributed by atoms with Crippen molar-refractivity contribution in [2.45, 2.75) is 45.6 Å². The van der Waals surface area contributed by atoms with Gasteiger partial charge in [0.25, 0.3) is 5.91 Å². The van der Waals surface area contributed by atoms with E-state index >= 15 is 0 Å². The zero-order valence-corrected chi connectivity index (χ0v) is 24.2. The van der Waals surface area contributed by atoms with Gasteiger partial charge in [0.15, 0.2) is 5.65 Å². The van der Waals surface area contributed by atoms with Gasteiger partial charge in [0.1, 0.15) is 12.1 Å². The van der Waals surface area contributed by atoms with Gasteiger partial charge in [-0.15, -0.1) is 0 Å². The molecule has 2 aromatic heterocycles. The highest BCUT2D eigenvalue weighted by Crippen LogP contribution is 2.33. The number of anilines is 3. The Morgan fingerprint density at radius 1 is 1.00 bits per heavy atom. The Balaban J connectivity index is 1.38. The Bertz CT molecular complexity index is 1640. The zero-order chi connectivity index (χ0) is 28.4. The van der Waals surface area contributed by atoms with Crippen molar-refractivity contribution in [3.8, 4) is 0 Å². The van der Waals surface area contributed by atoms with Crippen molar-refractivity contribution >= 4 is 44.2 Å². The molecule has 0 unspecified atom stereocenters. The zero-order valence-electron chi connectivity index (χ0n) is 23.4. The van der Waals surface area contributed by atoms with Crippen LogP contribution in [0, 0.1) is 19.8 Å². The Hall–Kier alpha value is -3.76. The summed E-state index contributed by atoms with van der Waals surface area (Å²) in [4.78, 5) is 25.1. The van der Waals surface area contributed by atoms with E-state index in [0.29, 0.717) is 11.2 Å². The van der Waals surface area contributed by atoms with E-state index in [1.165, 1.54) is 18.9 Å². The van der Waals surface area contributed by atoms with Gasteiger partial charge in [-0.25, -0.2) is 23.1 Å². The number of carbonyl (C=O) groups excluding carboxylic acids is 1. The second kappa shape index (κ2) is 11.4. The SMILES string of the molecule is CNS(=O)(=O)C[C@H]1CC[C@H](N(C)c2ncnc3c2ccn3C(=O)c2ccccc2Nc2cccc(C)c2C)CC1. The van der Waals surface area contributed by atoms with E-state index in [1.54, 1.807) is 10.8 Å². The maximum absolute atomic E-state index is 13.8. The minimum atomic E-state index is -3.21. The van der Waals surface area contributed by atoms with Crippen LogP contribution in [0.2, 0.25) is 0 Å². The molecule has 2 N–H and O–H groups in total. The Morgan fingerprint density at radius 2 is 1.73 bits per heavy atom. The molecule has 4 aromatic rings. The maximum Gasteiger partial charge on any atom is 0.265 e. The number of rotatable bonds is 8. The lowest BCUT2D eigenvalue weighted by atomic mass is 9.86. The molecule has 1 aliphatic rings. The predicted octanol–water partition coefficient (Wildman–Crippen LogP) is 5.02. The summed E-state index contributed by atoms with van der Waals surface area (Å²) in [5.41, 5.74) is 5.10. The number of fused-ring (bicyclic) bond motifs is 1. The van der Waals surface area contributed by atoms with Crippen molar-refractivity contribution in [1.29, 1.82) is 0 Å². The van der Waals surface area contributed by atoms with Crippen molar-refractivity contribution in [1.82, 2.24) is 19.3 Å². The van der Waals surface area contributed by atoms with Gasteiger partial charge in [-0.2, -0.15) is 0 Å². The van der Waals surface area contributed by atoms with Crippen molar-refractivity contribution in [3.63, 3.8) is 0 Å². The molecule has 0 amide bonds. The van der Waals surface area contributed by atoms with E-state index in [2.05, 4.69) is 44.8 Å². The highest BCUT2D eigenvalue weighted by atomic mass is 32.2. The third-order valence-corrected chi connectivity index (χ3v) is 9.71. The smallest absolute Gasteiger partial charge is 0.265 e. The van der Waals surface area contributed by atoms with Gasteiger partial charge in [-0.1, -0.05) is 24.3 Å². The number of carbonyl (C=O) groups is 1. The van der Waals surface area contributed by atoms with E-state index in [4.69, 9.17) is 0 Å². The lowest BCUT2D eigenvalue weighted by Gasteiger charge is -2.35. The Labute approximate surface area is 235 Å². The largest absolute Gasteiger partial charge is 0.356 e. The summed E-state index contributed by atoms with van der Waals surface area (Å²) >= 11 is 0. The van der Waals surface area contributed by atoms with Crippen molar-refractivity contribution in [3.05, 3.63) is 77.7 Å². The molecule has 1 aliphatic carbocycles. The first-order chi connectivity index (χ1) is 19.2. The minimum absolute atomic E-state index is 0.156. The first kappa shape index (κ1) is 27.8. The normalized spacial score (nSPS) is 17.6. The molecule has 9 nitrogen and oxygen atoms in total. The van der Waals surface area contributed by atoms with Crippen LogP contribution in [0.5, 0.6) is 0 Å². The molecular formula is C30H36N6O3S. The quantitative estimate of drug-likeness (QED) is 0.311. The summed E-state index contributed by atoms with van der Waals surface area (Å²) < 4.78 is 28.0. The fourth-order valence-corrected chi connectivity index (χ4v) is 6.71. The number of aromatic nitrogens is 3. The van der Waals surface area contributed by atoms with Crippen molar-refractivity contribution in [2.75, 3.05) is 30.1 Å². The summed E-state index contributed by atoms with van der Waals surface area (Å²) in [6.45, 7) is 4.13. The van der Waals surface area contributed by atoms with E-state index < -0.39 is 10.0 Å². The number of hydrogen-bond donors (Lipinski definition) is 2. The molecule has 0 spiro atoms. The number of benzene rings is 2. The highest BCUT2D eigenvalue weighted by molar-refractivity contribution is 7.89. The fourth-order valence-electron chi connectivity index (χ4n) is 5.59. The average molecular weight is 561 g/mol. The Kier molecular flexibility index (Phi) is 7.91. The summed E-state index contributed by atoms with van der Waals surface area (Å²) in [5.74, 6) is 0.915. The second-order valence-corrected chi connectivity index (χ2v) is 12.6. The van der Waals surface area contributed by atoms with Crippen LogP contribution in [0.3, 0.4) is 0 Å². The van der Waals surface area contributed by atoms with Crippen LogP contribution in [-0.2, 0) is 10.0 Å². The summed E-state index contributed by atoms with van der Waals surface area (Å²) in [6.07, 6.45) is 6.70. The summed E-state index contributed by atoms with van der Waals surface area (Å²) in [6, 6.07) is 15.7. The topological polar surface area (TPSA) is 109 Å². The van der Waals surface area contributed by atoms with Crippen LogP contribution < -0.4 is 14.9 Å². The van der Waals surface area contributed by atoms with E-state index in [9.17, 15) is 13.2 Å². The number of nitrogens with one attached hydrogen (secondary N) is 2. The van der Waals surface area contributed by atoms with Gasteiger partial charge in [0.05, 0.1) is 22.4 Å². The Morgan fingerprint density at radius 3 is 2.48 bits per heavy atom. The van der Waals surface area contributed by atoms with E-state index in [1.807, 2.05) is 49.5 Å². The van der Waals surface area contributed by atoms with Gasteiger partial charge in [0.2, 0.25) is 10.0 Å². The molecule has 0 bridgehead atoms. The molecule has 2 heterocycles. The monoisotopic (exact) mass is 560 g/mol. The van der Waals surface area contributed by atoms with Crippen molar-refractivity contribution in [2.24, 2.45) is 5.92 Å². The lowest BCUT2D eigenvalue weighted by Crippen LogP contribution is -2.38. The molecule has 210 valence electrons. The molecule has 2 aromatic carbocycles. The third kappa shape index (κ3) is 5.59. The van der Waals surface area contributed by atoms with Gasteiger partial charge in [0, 0.05) is 25.0 Å². The minimum Gasteiger partial charge on any atom is -0.356 e. The van der Waals surface area contributed by atoms with E-state index in [0.717, 1.165) is 53.8 Å². The number of para-hydroxylation sites is 1. The molecule has 5 rings (SSSR count). The fraction of sp³-hybridized carbons (Fsp3) is 0.367. The molecule has 0 saturated heterocycles. The maximum atomic E-state index is 13.8. The second-order valence-electron chi connectivity index (χ2n) is 10.6. The van der Waals surface area contributed by atoms with Crippen LogP contribution in [-0.4, -0.2) is 54.8 Å². The highest BCUT2D eigenvalue weighted by Gasteiger charge is 2.29. The standard InChI is InChI=1S/C30H36N6O3S/c1-20-8-7-11-26(21(20)2)34-27-10-6-5-9-24(27)30(37)36-17-16-25-28(32-19-33-29(25)36)35(4)23-14-12-22(13-15-23)18-40(38,39)31-3/h5-11,16-17,19,22-23,31,34H,12-15,18H2,1-4H3/t22-,23-. The number of sulfonamides is 1. The van der Waals surface area contributed by atoms with Crippen LogP contribution in [0.15, 0.2) is 61.1 Å². The molecule has 0 radical (unpaired) electrons. The van der Waals surface area contributed by atoms with Crippen LogP contribution in [0.4, 0.5) is 17.2 Å². The summed E-state index contributed by atoms with van der Waals surface area (Å²) in [7, 11) is 0.263. The average Bonchev–Trinajstić information content (AvgIpc) is 3.40. The number of hydrogen-bond acceptors (Lipinski definition) is 7. The first-order valence-corrected chi connectivity index (χ1v) is 15.3. The van der Waals surface area contributed by atoms with Crippen molar-refractivity contribution < 1.29 is 13.2 Å². The summed E-state index contributed by atoms with van der Waals surface area (Å²) in [5, 5.41) is 4.25. The van der Waals surface area contributed by atoms with Gasteiger partial charge in [-0.05, 0) is 87.9 Å². The molecule has 0 aliphatic heterocycles. The predicted molar refractivity (Wildman–Crippen MR) is 160 cm³/mol. The molecule has 1 saturated carbocycles. The van der Waals surface area contributed by atoms with Crippen LogP contribution in [0.25, 0.3) is 11.0 Å². The number of aryl methyl sites for hydroxylation is 1. The van der Waals surface area contributed by atoms with Gasteiger partial charge < -0.3 is 10.2 Å². The van der Waals surface area contributed by atoms with Crippen LogP contribution in [0.1, 0.15) is 47.2 Å². The molecule has 40 heavy (non-hydrogen) atoms. The molecule has 10 heteroatoms. The molecule has 1 fully saturated rings. The van der Waals surface area contributed by atoms with Gasteiger partial charge in [-0.3, -0.25) is 9.36 Å². The van der Waals surface area contributed by atoms with Gasteiger partial charge >= 0.3 is 0 Å². The number of nitrogens with zero attached hydrogens (tertiary/aromatic N) is 4.